The molecule has 0 radical (unpaired) electrons. The molecule has 7 heteroatoms. The largest absolute Gasteiger partial charge is 0.337 e. The maximum Gasteiger partial charge on any atom is 0.253 e. The molecule has 0 fully saturated rings. The molecule has 1 amide bonds. The molecule has 2 heterocycles. The van der Waals surface area contributed by atoms with Crippen LogP contribution in [0, 0.1) is 0 Å². The first-order chi connectivity index (χ1) is 12.0. The molecule has 0 N–H and O–H groups in total. The normalized spacial score (nSPS) is 14.4. The van der Waals surface area contributed by atoms with Gasteiger partial charge < -0.3 is 4.90 Å². The molecule has 25 heavy (non-hydrogen) atoms. The van der Waals surface area contributed by atoms with Crippen LogP contribution >= 0.6 is 11.3 Å². The first-order valence-electron chi connectivity index (χ1n) is 8.01. The summed E-state index contributed by atoms with van der Waals surface area (Å²) in [6.45, 7) is 4.68. The fraction of sp³-hybridized carbons (Fsp3) is 0.278. The highest BCUT2D eigenvalue weighted by Gasteiger charge is 2.29. The third kappa shape index (κ3) is 3.84. The lowest BCUT2D eigenvalue weighted by Crippen LogP contribution is -2.44. The van der Waals surface area contributed by atoms with Gasteiger partial charge in [-0.2, -0.15) is 4.31 Å². The Bertz CT molecular complexity index is 860. The van der Waals surface area contributed by atoms with Gasteiger partial charge in [0, 0.05) is 19.6 Å². The van der Waals surface area contributed by atoms with Crippen LogP contribution in [-0.4, -0.2) is 43.2 Å². The lowest BCUT2D eigenvalue weighted by atomic mass is 10.00. The van der Waals surface area contributed by atoms with E-state index in [1.807, 2.05) is 18.2 Å². The molecule has 0 atom stereocenters. The number of carbonyl (C=O) groups is 1. The van der Waals surface area contributed by atoms with E-state index in [0.717, 1.165) is 23.3 Å². The van der Waals surface area contributed by atoms with E-state index in [0.29, 0.717) is 13.1 Å². The Hall–Kier alpha value is -1.96. The Balaban J connectivity index is 1.75. The third-order valence-corrected chi connectivity index (χ3v) is 7.40. The molecule has 0 bridgehead atoms. The Morgan fingerprint density at radius 2 is 2.00 bits per heavy atom. The summed E-state index contributed by atoms with van der Waals surface area (Å²) < 4.78 is 26.9. The van der Waals surface area contributed by atoms with Crippen molar-refractivity contribution in [2.75, 3.05) is 19.6 Å². The minimum atomic E-state index is -3.68. The Morgan fingerprint density at radius 3 is 2.68 bits per heavy atom. The molecule has 132 valence electrons. The van der Waals surface area contributed by atoms with Crippen molar-refractivity contribution in [3.05, 3.63) is 65.6 Å². The summed E-state index contributed by atoms with van der Waals surface area (Å²) in [4.78, 5) is 14.4. The van der Waals surface area contributed by atoms with Crippen molar-refractivity contribution in [1.82, 2.24) is 9.21 Å². The predicted octanol–water partition coefficient (Wildman–Crippen LogP) is 2.51. The Kier molecular flexibility index (Phi) is 5.36. The maximum absolute atomic E-state index is 12.7. The van der Waals surface area contributed by atoms with E-state index in [9.17, 15) is 13.2 Å². The van der Waals surface area contributed by atoms with Crippen molar-refractivity contribution in [2.24, 2.45) is 0 Å². The van der Waals surface area contributed by atoms with E-state index in [1.54, 1.807) is 22.4 Å². The molecule has 0 unspecified atom stereocenters. The molecule has 1 aliphatic heterocycles. The number of thiophene rings is 1. The van der Waals surface area contributed by atoms with Gasteiger partial charge in [0.25, 0.3) is 10.0 Å². The fourth-order valence-electron chi connectivity index (χ4n) is 2.89. The lowest BCUT2D eigenvalue weighted by molar-refractivity contribution is -0.132. The van der Waals surface area contributed by atoms with Gasteiger partial charge in [-0.3, -0.25) is 4.79 Å². The van der Waals surface area contributed by atoms with Crippen LogP contribution in [-0.2, 0) is 27.8 Å². The average Bonchev–Trinajstić information content (AvgIpc) is 3.16. The van der Waals surface area contributed by atoms with E-state index in [2.05, 4.69) is 12.6 Å². The molecule has 0 spiro atoms. The van der Waals surface area contributed by atoms with E-state index < -0.39 is 10.0 Å². The number of carbonyl (C=O) groups excluding carboxylic acids is 1. The zero-order chi connectivity index (χ0) is 17.9. The molecule has 2 aromatic rings. The van der Waals surface area contributed by atoms with Crippen LogP contribution in [0.1, 0.15) is 11.1 Å². The van der Waals surface area contributed by atoms with Gasteiger partial charge in [0.2, 0.25) is 5.91 Å². The summed E-state index contributed by atoms with van der Waals surface area (Å²) in [5, 5.41) is 1.71. The summed E-state index contributed by atoms with van der Waals surface area (Å²) in [7, 11) is -3.68. The SMILES string of the molecule is C=CCN(CC(=O)N1CCc2ccccc2C1)S(=O)(=O)c1cccs1. The first-order valence-corrected chi connectivity index (χ1v) is 10.3. The maximum atomic E-state index is 12.7. The molecule has 3 rings (SSSR count). The summed E-state index contributed by atoms with van der Waals surface area (Å²) >= 11 is 1.15. The van der Waals surface area contributed by atoms with E-state index in [4.69, 9.17) is 0 Å². The molecule has 1 aromatic carbocycles. The number of rotatable bonds is 6. The molecule has 0 aliphatic carbocycles. The number of sulfonamides is 1. The van der Waals surface area contributed by atoms with Crippen LogP contribution in [0.4, 0.5) is 0 Å². The molecule has 1 aliphatic rings. The second-order valence-corrected chi connectivity index (χ2v) is 8.96. The number of hydrogen-bond acceptors (Lipinski definition) is 4. The number of hydrogen-bond donors (Lipinski definition) is 0. The molecular weight excluding hydrogens is 356 g/mol. The van der Waals surface area contributed by atoms with Gasteiger partial charge in [-0.25, -0.2) is 8.42 Å². The highest BCUT2D eigenvalue weighted by molar-refractivity contribution is 7.91. The van der Waals surface area contributed by atoms with Gasteiger partial charge in [0.1, 0.15) is 4.21 Å². The van der Waals surface area contributed by atoms with Crippen molar-refractivity contribution in [2.45, 2.75) is 17.2 Å². The van der Waals surface area contributed by atoms with Crippen molar-refractivity contribution < 1.29 is 13.2 Å². The van der Waals surface area contributed by atoms with Crippen LogP contribution in [0.5, 0.6) is 0 Å². The zero-order valence-corrected chi connectivity index (χ0v) is 15.4. The second-order valence-electron chi connectivity index (χ2n) is 5.85. The minimum absolute atomic E-state index is 0.108. The second kappa shape index (κ2) is 7.51. The third-order valence-electron chi connectivity index (χ3n) is 4.22. The standard InChI is InChI=1S/C18H20N2O3S2/c1-2-10-20(25(22,23)18-8-5-12-24-18)14-17(21)19-11-9-15-6-3-4-7-16(15)13-19/h2-8,12H,1,9-11,13-14H2. The van der Waals surface area contributed by atoms with Crippen LogP contribution in [0.15, 0.2) is 58.6 Å². The van der Waals surface area contributed by atoms with Crippen LogP contribution in [0.25, 0.3) is 0 Å². The molecular formula is C18H20N2O3S2. The van der Waals surface area contributed by atoms with Gasteiger partial charge in [0.15, 0.2) is 0 Å². The Labute approximate surface area is 152 Å². The molecule has 0 saturated heterocycles. The van der Waals surface area contributed by atoms with E-state index >= 15 is 0 Å². The van der Waals surface area contributed by atoms with Crippen molar-refractivity contribution >= 4 is 27.3 Å². The topological polar surface area (TPSA) is 57.7 Å². The quantitative estimate of drug-likeness (QED) is 0.728. The van der Waals surface area contributed by atoms with Gasteiger partial charge >= 0.3 is 0 Å². The zero-order valence-electron chi connectivity index (χ0n) is 13.8. The van der Waals surface area contributed by atoms with Crippen LogP contribution < -0.4 is 0 Å². The van der Waals surface area contributed by atoms with Crippen molar-refractivity contribution in [3.8, 4) is 0 Å². The molecule has 1 aromatic heterocycles. The first kappa shape index (κ1) is 17.8. The fourth-order valence-corrected chi connectivity index (χ4v) is 5.39. The van der Waals surface area contributed by atoms with Gasteiger partial charge in [-0.15, -0.1) is 17.9 Å². The Morgan fingerprint density at radius 1 is 1.24 bits per heavy atom. The summed E-state index contributed by atoms with van der Waals surface area (Å²) in [5.41, 5.74) is 2.37. The number of nitrogens with zero attached hydrogens (tertiary/aromatic N) is 2. The number of amides is 1. The number of benzene rings is 1. The van der Waals surface area contributed by atoms with E-state index in [1.165, 1.54) is 15.9 Å². The summed E-state index contributed by atoms with van der Waals surface area (Å²) in [6, 6.07) is 11.3. The van der Waals surface area contributed by atoms with E-state index in [-0.39, 0.29) is 23.2 Å². The van der Waals surface area contributed by atoms with Gasteiger partial charge in [0.05, 0.1) is 6.54 Å². The lowest BCUT2D eigenvalue weighted by Gasteiger charge is -2.30. The molecule has 0 saturated carbocycles. The minimum Gasteiger partial charge on any atom is -0.337 e. The monoisotopic (exact) mass is 376 g/mol. The van der Waals surface area contributed by atoms with Crippen LogP contribution in [0.3, 0.4) is 0 Å². The summed E-state index contributed by atoms with van der Waals surface area (Å²) in [6.07, 6.45) is 2.30. The van der Waals surface area contributed by atoms with Crippen LogP contribution in [0.2, 0.25) is 0 Å². The van der Waals surface area contributed by atoms with Crippen molar-refractivity contribution in [1.29, 1.82) is 0 Å². The number of fused-ring (bicyclic) bond motifs is 1. The van der Waals surface area contributed by atoms with Gasteiger partial charge in [-0.05, 0) is 29.0 Å². The highest BCUT2D eigenvalue weighted by atomic mass is 32.2. The average molecular weight is 377 g/mol. The highest BCUT2D eigenvalue weighted by Crippen LogP contribution is 2.22. The summed E-state index contributed by atoms with van der Waals surface area (Å²) in [5.74, 6) is -0.184. The van der Waals surface area contributed by atoms with Crippen molar-refractivity contribution in [3.63, 3.8) is 0 Å². The predicted molar refractivity (Wildman–Crippen MR) is 98.8 cm³/mol. The van der Waals surface area contributed by atoms with Gasteiger partial charge in [-0.1, -0.05) is 36.4 Å². The molecule has 5 nitrogen and oxygen atoms in total. The smallest absolute Gasteiger partial charge is 0.253 e.